The van der Waals surface area contributed by atoms with Gasteiger partial charge in [0.05, 0.1) is 23.1 Å². The Balaban J connectivity index is 2.01. The maximum atomic E-state index is 12.1. The van der Waals surface area contributed by atoms with Crippen LogP contribution in [0.1, 0.15) is 29.6 Å². The summed E-state index contributed by atoms with van der Waals surface area (Å²) in [7, 11) is 1.51. The van der Waals surface area contributed by atoms with Crippen molar-refractivity contribution in [2.45, 2.75) is 31.4 Å². The van der Waals surface area contributed by atoms with Crippen LogP contribution in [0.15, 0.2) is 18.2 Å². The Bertz CT molecular complexity index is 557. The predicted octanol–water partition coefficient (Wildman–Crippen LogP) is 1.53. The number of halogens is 1. The zero-order chi connectivity index (χ0) is 16.1. The molecule has 1 saturated carbocycles. The van der Waals surface area contributed by atoms with Gasteiger partial charge in [-0.3, -0.25) is 9.59 Å². The number of anilines is 1. The molecule has 0 aromatic heterocycles. The largest absolute Gasteiger partial charge is 0.380 e. The van der Waals surface area contributed by atoms with Crippen molar-refractivity contribution in [1.82, 2.24) is 5.32 Å². The average Bonchev–Trinajstić information content (AvgIpc) is 3.30. The highest BCUT2D eigenvalue weighted by Gasteiger charge is 2.25. The van der Waals surface area contributed by atoms with Crippen LogP contribution < -0.4 is 16.4 Å². The van der Waals surface area contributed by atoms with Gasteiger partial charge in [-0.1, -0.05) is 11.6 Å². The summed E-state index contributed by atoms with van der Waals surface area (Å²) in [6.07, 6.45) is 1.82. The number of carbonyl (C=O) groups excluding carboxylic acids is 2. The van der Waals surface area contributed by atoms with E-state index in [1.165, 1.54) is 7.11 Å². The van der Waals surface area contributed by atoms with E-state index in [1.807, 2.05) is 0 Å². The van der Waals surface area contributed by atoms with Gasteiger partial charge in [-0.25, -0.2) is 0 Å². The Morgan fingerprint density at radius 2 is 2.18 bits per heavy atom. The molecule has 1 aromatic carbocycles. The van der Waals surface area contributed by atoms with E-state index < -0.39 is 0 Å². The summed E-state index contributed by atoms with van der Waals surface area (Å²) in [5.41, 5.74) is 6.36. The SMILES string of the molecule is COC(CN)CC(=O)Nc1ccc(Cl)c(C(=O)NC2CC2)c1. The molecule has 1 aliphatic rings. The third-order valence-corrected chi connectivity index (χ3v) is 3.75. The van der Waals surface area contributed by atoms with Crippen molar-refractivity contribution in [3.05, 3.63) is 28.8 Å². The number of amides is 2. The van der Waals surface area contributed by atoms with Crippen molar-refractivity contribution < 1.29 is 14.3 Å². The highest BCUT2D eigenvalue weighted by molar-refractivity contribution is 6.34. The number of nitrogens with two attached hydrogens (primary N) is 1. The van der Waals surface area contributed by atoms with Crippen molar-refractivity contribution in [3.8, 4) is 0 Å². The molecule has 2 amide bonds. The number of hydrogen-bond acceptors (Lipinski definition) is 4. The standard InChI is InChI=1S/C15H20ClN3O3/c1-22-11(8-17)7-14(20)18-10-4-5-13(16)12(6-10)15(21)19-9-2-3-9/h4-6,9,11H,2-3,7-8,17H2,1H3,(H,18,20)(H,19,21). The van der Waals surface area contributed by atoms with Crippen LogP contribution in [0.5, 0.6) is 0 Å². The molecule has 1 aliphatic carbocycles. The molecular formula is C15H20ClN3O3. The molecule has 0 radical (unpaired) electrons. The first-order valence-electron chi connectivity index (χ1n) is 7.16. The fourth-order valence-electron chi connectivity index (χ4n) is 1.95. The number of ether oxygens (including phenoxy) is 1. The van der Waals surface area contributed by atoms with Gasteiger partial charge in [0.1, 0.15) is 0 Å². The van der Waals surface area contributed by atoms with Crippen molar-refractivity contribution in [2.24, 2.45) is 5.73 Å². The van der Waals surface area contributed by atoms with Crippen molar-refractivity contribution in [1.29, 1.82) is 0 Å². The smallest absolute Gasteiger partial charge is 0.253 e. The number of methoxy groups -OCH3 is 1. The van der Waals surface area contributed by atoms with Gasteiger partial charge in [-0.2, -0.15) is 0 Å². The van der Waals surface area contributed by atoms with Gasteiger partial charge < -0.3 is 21.1 Å². The Labute approximate surface area is 134 Å². The molecular weight excluding hydrogens is 306 g/mol. The minimum atomic E-state index is -0.329. The van der Waals surface area contributed by atoms with Crippen LogP contribution in [0, 0.1) is 0 Å². The molecule has 0 saturated heterocycles. The molecule has 2 rings (SSSR count). The predicted molar refractivity (Wildman–Crippen MR) is 85.0 cm³/mol. The van der Waals surface area contributed by atoms with Gasteiger partial charge in [0, 0.05) is 25.4 Å². The maximum Gasteiger partial charge on any atom is 0.253 e. The number of carbonyl (C=O) groups is 2. The molecule has 0 spiro atoms. The second-order valence-electron chi connectivity index (χ2n) is 5.29. The monoisotopic (exact) mass is 325 g/mol. The van der Waals surface area contributed by atoms with E-state index in [0.29, 0.717) is 16.3 Å². The van der Waals surface area contributed by atoms with Crippen LogP contribution in [0.25, 0.3) is 0 Å². The number of rotatable bonds is 7. The summed E-state index contributed by atoms with van der Waals surface area (Å²) in [4.78, 5) is 24.0. The van der Waals surface area contributed by atoms with Crippen LogP contribution in [0.2, 0.25) is 5.02 Å². The van der Waals surface area contributed by atoms with Crippen LogP contribution in [-0.2, 0) is 9.53 Å². The highest BCUT2D eigenvalue weighted by Crippen LogP contribution is 2.24. The Hall–Kier alpha value is -1.63. The third kappa shape index (κ3) is 4.69. The van der Waals surface area contributed by atoms with Gasteiger partial charge >= 0.3 is 0 Å². The zero-order valence-electron chi connectivity index (χ0n) is 12.4. The molecule has 0 aliphatic heterocycles. The van der Waals surface area contributed by atoms with Crippen LogP contribution in [-0.4, -0.2) is 37.6 Å². The molecule has 1 unspecified atom stereocenters. The Kier molecular flexibility index (Phi) is 5.76. The van der Waals surface area contributed by atoms with Gasteiger partial charge in [-0.15, -0.1) is 0 Å². The lowest BCUT2D eigenvalue weighted by molar-refractivity contribution is -0.118. The summed E-state index contributed by atoms with van der Waals surface area (Å²) >= 11 is 6.05. The van der Waals surface area contributed by atoms with E-state index in [4.69, 9.17) is 22.1 Å². The molecule has 0 heterocycles. The fraction of sp³-hybridized carbons (Fsp3) is 0.467. The molecule has 0 bridgehead atoms. The van der Waals surface area contributed by atoms with Gasteiger partial charge in [0.15, 0.2) is 0 Å². The molecule has 1 atom stereocenters. The quantitative estimate of drug-likeness (QED) is 0.708. The van der Waals surface area contributed by atoms with E-state index in [-0.39, 0.29) is 36.9 Å². The number of hydrogen-bond donors (Lipinski definition) is 3. The normalized spacial score (nSPS) is 15.2. The molecule has 4 N–H and O–H groups in total. The van der Waals surface area contributed by atoms with Crippen molar-refractivity contribution >= 4 is 29.1 Å². The molecule has 7 heteroatoms. The van der Waals surface area contributed by atoms with Crippen LogP contribution in [0.3, 0.4) is 0 Å². The second kappa shape index (κ2) is 7.58. The van der Waals surface area contributed by atoms with Crippen molar-refractivity contribution in [2.75, 3.05) is 19.0 Å². The van der Waals surface area contributed by atoms with Gasteiger partial charge in [-0.05, 0) is 31.0 Å². The van der Waals surface area contributed by atoms with Crippen LogP contribution >= 0.6 is 11.6 Å². The highest BCUT2D eigenvalue weighted by atomic mass is 35.5. The summed E-state index contributed by atoms with van der Waals surface area (Å²) < 4.78 is 5.07. The second-order valence-corrected chi connectivity index (χ2v) is 5.70. The van der Waals surface area contributed by atoms with E-state index in [1.54, 1.807) is 18.2 Å². The first-order valence-corrected chi connectivity index (χ1v) is 7.54. The topological polar surface area (TPSA) is 93.4 Å². The summed E-state index contributed by atoms with van der Waals surface area (Å²) in [6, 6.07) is 5.06. The summed E-state index contributed by atoms with van der Waals surface area (Å²) in [5.74, 6) is -0.450. The Morgan fingerprint density at radius 3 is 2.77 bits per heavy atom. The lowest BCUT2D eigenvalue weighted by atomic mass is 10.1. The van der Waals surface area contributed by atoms with E-state index in [0.717, 1.165) is 12.8 Å². The summed E-state index contributed by atoms with van der Waals surface area (Å²) in [5, 5.41) is 5.94. The lowest BCUT2D eigenvalue weighted by Crippen LogP contribution is -2.28. The van der Waals surface area contributed by atoms with E-state index in [2.05, 4.69) is 10.6 Å². The molecule has 22 heavy (non-hydrogen) atoms. The van der Waals surface area contributed by atoms with Crippen LogP contribution in [0.4, 0.5) is 5.69 Å². The summed E-state index contributed by atoms with van der Waals surface area (Å²) in [6.45, 7) is 0.263. The van der Waals surface area contributed by atoms with E-state index in [9.17, 15) is 9.59 Å². The maximum absolute atomic E-state index is 12.1. The minimum Gasteiger partial charge on any atom is -0.380 e. The van der Waals surface area contributed by atoms with Gasteiger partial charge in [0.2, 0.25) is 5.91 Å². The van der Waals surface area contributed by atoms with Gasteiger partial charge in [0.25, 0.3) is 5.91 Å². The number of nitrogens with one attached hydrogen (secondary N) is 2. The molecule has 1 fully saturated rings. The molecule has 1 aromatic rings. The van der Waals surface area contributed by atoms with E-state index >= 15 is 0 Å². The Morgan fingerprint density at radius 1 is 1.45 bits per heavy atom. The zero-order valence-corrected chi connectivity index (χ0v) is 13.2. The third-order valence-electron chi connectivity index (χ3n) is 3.42. The first kappa shape index (κ1) is 16.7. The first-order chi connectivity index (χ1) is 10.5. The fourth-order valence-corrected chi connectivity index (χ4v) is 2.15. The molecule has 120 valence electrons. The molecule has 6 nitrogen and oxygen atoms in total. The average molecular weight is 326 g/mol. The minimum absolute atomic E-state index is 0.152. The van der Waals surface area contributed by atoms with Crippen molar-refractivity contribution in [3.63, 3.8) is 0 Å². The number of benzene rings is 1. The lowest BCUT2D eigenvalue weighted by Gasteiger charge is -2.13.